The van der Waals surface area contributed by atoms with E-state index in [1.54, 1.807) is 29.9 Å². The maximum atomic E-state index is 12.8. The molecular formula is C17H14FN3O2S. The maximum absolute atomic E-state index is 12.8. The zero-order valence-electron chi connectivity index (χ0n) is 12.6. The van der Waals surface area contributed by atoms with E-state index in [1.807, 2.05) is 12.1 Å². The molecule has 7 heteroatoms. The van der Waals surface area contributed by atoms with Gasteiger partial charge in [-0.1, -0.05) is 6.07 Å². The van der Waals surface area contributed by atoms with Crippen LogP contribution in [-0.4, -0.2) is 15.9 Å². The lowest BCUT2D eigenvalue weighted by Crippen LogP contribution is -2.23. The highest BCUT2D eigenvalue weighted by atomic mass is 32.1. The molecular weight excluding hydrogens is 329 g/mol. The number of aromatic nitrogens is 2. The summed E-state index contributed by atoms with van der Waals surface area (Å²) in [6.07, 6.45) is 3.38. The Bertz CT molecular complexity index is 806. The average Bonchev–Trinajstić information content (AvgIpc) is 3.09. The van der Waals surface area contributed by atoms with Crippen molar-refractivity contribution in [3.63, 3.8) is 0 Å². The molecule has 3 aromatic rings. The standard InChI is InChI=1S/C17H14FN3O2S/c18-13-3-5-14(6-4-13)23-10-16-21-15(11-24-16)17(22)20-9-12-2-1-7-19-8-12/h1-8,11H,9-10H2,(H,20,22). The highest BCUT2D eigenvalue weighted by Crippen LogP contribution is 2.16. The van der Waals surface area contributed by atoms with E-state index in [9.17, 15) is 9.18 Å². The number of rotatable bonds is 6. The molecule has 0 aliphatic rings. The van der Waals surface area contributed by atoms with E-state index >= 15 is 0 Å². The number of nitrogens with one attached hydrogen (secondary N) is 1. The van der Waals surface area contributed by atoms with Crippen LogP contribution in [0.25, 0.3) is 0 Å². The molecule has 0 unspecified atom stereocenters. The lowest BCUT2D eigenvalue weighted by molar-refractivity contribution is 0.0946. The number of amides is 1. The van der Waals surface area contributed by atoms with Crippen LogP contribution in [0.2, 0.25) is 0 Å². The number of carbonyl (C=O) groups excluding carboxylic acids is 1. The van der Waals surface area contributed by atoms with Crippen LogP contribution in [0.5, 0.6) is 5.75 Å². The zero-order chi connectivity index (χ0) is 16.8. The monoisotopic (exact) mass is 343 g/mol. The summed E-state index contributed by atoms with van der Waals surface area (Å²) in [4.78, 5) is 20.3. The van der Waals surface area contributed by atoms with E-state index in [4.69, 9.17) is 4.74 Å². The first-order valence-corrected chi connectivity index (χ1v) is 8.08. The van der Waals surface area contributed by atoms with Gasteiger partial charge in [0.25, 0.3) is 5.91 Å². The Labute approximate surface area is 142 Å². The number of thiazole rings is 1. The molecule has 0 saturated heterocycles. The fourth-order valence-corrected chi connectivity index (χ4v) is 2.62. The van der Waals surface area contributed by atoms with Crippen LogP contribution in [0.15, 0.2) is 54.2 Å². The smallest absolute Gasteiger partial charge is 0.271 e. The van der Waals surface area contributed by atoms with Crippen LogP contribution in [0, 0.1) is 5.82 Å². The molecule has 2 heterocycles. The molecule has 0 bridgehead atoms. The van der Waals surface area contributed by atoms with Gasteiger partial charge in [-0.25, -0.2) is 9.37 Å². The van der Waals surface area contributed by atoms with Gasteiger partial charge in [-0.3, -0.25) is 9.78 Å². The largest absolute Gasteiger partial charge is 0.486 e. The number of pyridine rings is 1. The van der Waals surface area contributed by atoms with Crippen LogP contribution in [0.1, 0.15) is 21.1 Å². The molecule has 1 aromatic carbocycles. The van der Waals surface area contributed by atoms with Crippen molar-refractivity contribution in [2.45, 2.75) is 13.2 Å². The number of carbonyl (C=O) groups is 1. The number of hydrogen-bond acceptors (Lipinski definition) is 5. The van der Waals surface area contributed by atoms with Gasteiger partial charge in [0.05, 0.1) is 0 Å². The molecule has 0 fully saturated rings. The molecule has 24 heavy (non-hydrogen) atoms. The van der Waals surface area contributed by atoms with Crippen molar-refractivity contribution in [2.75, 3.05) is 0 Å². The molecule has 0 spiro atoms. The Morgan fingerprint density at radius 2 is 2.08 bits per heavy atom. The Morgan fingerprint density at radius 3 is 2.83 bits per heavy atom. The van der Waals surface area contributed by atoms with E-state index in [-0.39, 0.29) is 18.3 Å². The molecule has 2 aromatic heterocycles. The predicted molar refractivity (Wildman–Crippen MR) is 88.3 cm³/mol. The molecule has 1 amide bonds. The first kappa shape index (κ1) is 16.1. The molecule has 3 rings (SSSR count). The van der Waals surface area contributed by atoms with Crippen molar-refractivity contribution in [2.24, 2.45) is 0 Å². The number of benzene rings is 1. The lowest BCUT2D eigenvalue weighted by atomic mass is 10.3. The molecule has 0 radical (unpaired) electrons. The number of ether oxygens (including phenoxy) is 1. The lowest BCUT2D eigenvalue weighted by Gasteiger charge is -2.03. The van der Waals surface area contributed by atoms with Gasteiger partial charge >= 0.3 is 0 Å². The van der Waals surface area contributed by atoms with Crippen LogP contribution in [0.3, 0.4) is 0 Å². The Kier molecular flexibility index (Phi) is 5.12. The SMILES string of the molecule is O=C(NCc1cccnc1)c1csc(COc2ccc(F)cc2)n1. The second-order valence-corrected chi connectivity index (χ2v) is 5.86. The number of halogens is 1. The highest BCUT2D eigenvalue weighted by molar-refractivity contribution is 7.09. The minimum Gasteiger partial charge on any atom is -0.486 e. The van der Waals surface area contributed by atoms with Crippen molar-refractivity contribution >= 4 is 17.2 Å². The first-order chi connectivity index (χ1) is 11.7. The summed E-state index contributed by atoms with van der Waals surface area (Å²) in [5.74, 6) is -0.0125. The van der Waals surface area contributed by atoms with Crippen molar-refractivity contribution < 1.29 is 13.9 Å². The van der Waals surface area contributed by atoms with Gasteiger partial charge in [0.2, 0.25) is 0 Å². The van der Waals surface area contributed by atoms with Gasteiger partial charge in [0, 0.05) is 24.3 Å². The van der Waals surface area contributed by atoms with E-state index < -0.39 is 0 Å². The minimum atomic E-state index is -0.316. The second kappa shape index (κ2) is 7.65. The van der Waals surface area contributed by atoms with Gasteiger partial charge < -0.3 is 10.1 Å². The van der Waals surface area contributed by atoms with Gasteiger partial charge in [-0.05, 0) is 35.9 Å². The molecule has 1 N–H and O–H groups in total. The van der Waals surface area contributed by atoms with Crippen molar-refractivity contribution in [1.82, 2.24) is 15.3 Å². The molecule has 0 atom stereocenters. The van der Waals surface area contributed by atoms with Crippen LogP contribution in [-0.2, 0) is 13.2 Å². The molecule has 0 aliphatic carbocycles. The summed E-state index contributed by atoms with van der Waals surface area (Å²) in [5, 5.41) is 5.15. The molecule has 0 saturated carbocycles. The molecule has 0 aliphatic heterocycles. The number of hydrogen-bond donors (Lipinski definition) is 1. The quantitative estimate of drug-likeness (QED) is 0.747. The molecule has 5 nitrogen and oxygen atoms in total. The fraction of sp³-hybridized carbons (Fsp3) is 0.118. The van der Waals surface area contributed by atoms with Gasteiger partial charge in [-0.2, -0.15) is 0 Å². The summed E-state index contributed by atoms with van der Waals surface area (Å²) in [6, 6.07) is 9.45. The van der Waals surface area contributed by atoms with Crippen LogP contribution < -0.4 is 10.1 Å². The van der Waals surface area contributed by atoms with Crippen molar-refractivity contribution in [3.05, 3.63) is 76.3 Å². The van der Waals surface area contributed by atoms with Gasteiger partial charge in [-0.15, -0.1) is 11.3 Å². The average molecular weight is 343 g/mol. The normalized spacial score (nSPS) is 10.4. The predicted octanol–water partition coefficient (Wildman–Crippen LogP) is 3.19. The van der Waals surface area contributed by atoms with Crippen molar-refractivity contribution in [1.29, 1.82) is 0 Å². The van der Waals surface area contributed by atoms with E-state index in [0.717, 1.165) is 5.56 Å². The highest BCUT2D eigenvalue weighted by Gasteiger charge is 2.11. The third-order valence-electron chi connectivity index (χ3n) is 3.14. The van der Waals surface area contributed by atoms with Crippen LogP contribution in [0.4, 0.5) is 4.39 Å². The van der Waals surface area contributed by atoms with Crippen LogP contribution >= 0.6 is 11.3 Å². The van der Waals surface area contributed by atoms with E-state index in [2.05, 4.69) is 15.3 Å². The second-order valence-electron chi connectivity index (χ2n) is 4.91. The Hall–Kier alpha value is -2.80. The maximum Gasteiger partial charge on any atom is 0.271 e. The molecule has 122 valence electrons. The summed E-state index contributed by atoms with van der Waals surface area (Å²) in [5.41, 5.74) is 1.27. The fourth-order valence-electron chi connectivity index (χ4n) is 1.93. The van der Waals surface area contributed by atoms with E-state index in [0.29, 0.717) is 23.0 Å². The van der Waals surface area contributed by atoms with Gasteiger partial charge in [0.15, 0.2) is 0 Å². The third kappa shape index (κ3) is 4.36. The van der Waals surface area contributed by atoms with E-state index in [1.165, 1.54) is 23.5 Å². The Morgan fingerprint density at radius 1 is 1.25 bits per heavy atom. The summed E-state index contributed by atoms with van der Waals surface area (Å²) in [7, 11) is 0. The third-order valence-corrected chi connectivity index (χ3v) is 3.96. The summed E-state index contributed by atoms with van der Waals surface area (Å²) in [6.45, 7) is 0.623. The topological polar surface area (TPSA) is 64.1 Å². The Balaban J connectivity index is 1.52. The number of nitrogens with zero attached hydrogens (tertiary/aromatic N) is 2. The summed E-state index contributed by atoms with van der Waals surface area (Å²) >= 11 is 1.34. The zero-order valence-corrected chi connectivity index (χ0v) is 13.4. The first-order valence-electron chi connectivity index (χ1n) is 7.20. The van der Waals surface area contributed by atoms with Crippen molar-refractivity contribution in [3.8, 4) is 5.75 Å². The summed E-state index contributed by atoms with van der Waals surface area (Å²) < 4.78 is 18.3. The van der Waals surface area contributed by atoms with Gasteiger partial charge in [0.1, 0.15) is 28.9 Å². The minimum absolute atomic E-state index is 0.228.